The third-order valence-electron chi connectivity index (χ3n) is 2.64. The highest BCUT2D eigenvalue weighted by molar-refractivity contribution is 5.53. The fourth-order valence-electron chi connectivity index (χ4n) is 1.72. The van der Waals surface area contributed by atoms with Crippen LogP contribution in [0.4, 0.5) is 0 Å². The van der Waals surface area contributed by atoms with Gasteiger partial charge in [-0.15, -0.1) is 0 Å². The normalized spacial score (nSPS) is 17.5. The summed E-state index contributed by atoms with van der Waals surface area (Å²) in [6, 6.07) is 0. The van der Waals surface area contributed by atoms with Crippen LogP contribution in [0.25, 0.3) is 0 Å². The zero-order valence-corrected chi connectivity index (χ0v) is 9.22. The van der Waals surface area contributed by atoms with Crippen molar-refractivity contribution < 1.29 is 13.9 Å². The Morgan fingerprint density at radius 1 is 1.44 bits per heavy atom. The average Bonchev–Trinajstić information content (AvgIpc) is 2.76. The first-order valence-corrected chi connectivity index (χ1v) is 5.55. The van der Waals surface area contributed by atoms with E-state index in [1.165, 1.54) is 0 Å². The monoisotopic (exact) mass is 224 g/mol. The molecule has 0 radical (unpaired) electrons. The first-order valence-electron chi connectivity index (χ1n) is 5.55. The van der Waals surface area contributed by atoms with Crippen molar-refractivity contribution in [1.82, 2.24) is 9.88 Å². The third-order valence-corrected chi connectivity index (χ3v) is 2.64. The Morgan fingerprint density at radius 2 is 2.25 bits per heavy atom. The fourth-order valence-corrected chi connectivity index (χ4v) is 1.72. The van der Waals surface area contributed by atoms with E-state index in [4.69, 9.17) is 9.15 Å². The van der Waals surface area contributed by atoms with Crippen molar-refractivity contribution in [3.63, 3.8) is 0 Å². The van der Waals surface area contributed by atoms with Gasteiger partial charge >= 0.3 is 0 Å². The predicted octanol–water partition coefficient (Wildman–Crippen LogP) is 0.291. The fraction of sp³-hybridized carbons (Fsp3) is 0.636. The van der Waals surface area contributed by atoms with Crippen molar-refractivity contribution in [2.75, 3.05) is 32.8 Å². The summed E-state index contributed by atoms with van der Waals surface area (Å²) in [6.45, 7) is 4.50. The molecule has 0 aromatic carbocycles. The molecule has 0 saturated carbocycles. The quantitative estimate of drug-likeness (QED) is 0.673. The van der Waals surface area contributed by atoms with E-state index in [9.17, 15) is 4.79 Å². The van der Waals surface area contributed by atoms with Gasteiger partial charge in [-0.1, -0.05) is 0 Å². The maximum Gasteiger partial charge on any atom is 0.195 e. The molecule has 0 bridgehead atoms. The van der Waals surface area contributed by atoms with Gasteiger partial charge in [-0.3, -0.25) is 4.90 Å². The van der Waals surface area contributed by atoms with Crippen LogP contribution in [-0.4, -0.2) is 49.0 Å². The highest BCUT2D eigenvalue weighted by atomic mass is 16.5. The highest BCUT2D eigenvalue weighted by Crippen LogP contribution is 2.05. The van der Waals surface area contributed by atoms with E-state index in [0.29, 0.717) is 18.0 Å². The standard InChI is InChI=1S/C11H16N2O3/c14-6-2-10-9-16-11(12-10)1-3-13-4-7-15-8-5-13/h6,9H,1-5,7-8H2. The van der Waals surface area contributed by atoms with Gasteiger partial charge in [0, 0.05) is 32.5 Å². The van der Waals surface area contributed by atoms with Crippen molar-refractivity contribution in [1.29, 1.82) is 0 Å². The Hall–Kier alpha value is -1.20. The molecule has 88 valence electrons. The first-order chi connectivity index (χ1) is 7.88. The molecule has 2 rings (SSSR count). The molecule has 1 fully saturated rings. The molecule has 1 saturated heterocycles. The number of hydrogen-bond donors (Lipinski definition) is 0. The molecule has 2 heterocycles. The molecule has 0 amide bonds. The summed E-state index contributed by atoms with van der Waals surface area (Å²) >= 11 is 0. The summed E-state index contributed by atoms with van der Waals surface area (Å²) in [6.07, 6.45) is 3.52. The van der Waals surface area contributed by atoms with Crippen LogP contribution in [0, 0.1) is 0 Å². The molecule has 1 aliphatic heterocycles. The van der Waals surface area contributed by atoms with E-state index in [2.05, 4.69) is 9.88 Å². The van der Waals surface area contributed by atoms with Gasteiger partial charge in [0.05, 0.1) is 18.9 Å². The second-order valence-electron chi connectivity index (χ2n) is 3.81. The van der Waals surface area contributed by atoms with Crippen molar-refractivity contribution in [2.24, 2.45) is 0 Å². The summed E-state index contributed by atoms with van der Waals surface area (Å²) in [5.41, 5.74) is 0.715. The van der Waals surface area contributed by atoms with Gasteiger partial charge < -0.3 is 13.9 Å². The lowest BCUT2D eigenvalue weighted by molar-refractivity contribution is -0.107. The van der Waals surface area contributed by atoms with Crippen LogP contribution >= 0.6 is 0 Å². The number of morpholine rings is 1. The molecule has 0 unspecified atom stereocenters. The average molecular weight is 224 g/mol. The molecule has 1 aromatic heterocycles. The van der Waals surface area contributed by atoms with E-state index in [0.717, 1.165) is 45.6 Å². The van der Waals surface area contributed by atoms with Gasteiger partial charge in [0.15, 0.2) is 5.89 Å². The number of aldehydes is 1. The van der Waals surface area contributed by atoms with E-state index >= 15 is 0 Å². The maximum absolute atomic E-state index is 10.3. The Balaban J connectivity index is 1.77. The molecule has 5 heteroatoms. The minimum atomic E-state index is 0.334. The summed E-state index contributed by atoms with van der Waals surface area (Å²) < 4.78 is 10.5. The Kier molecular flexibility index (Phi) is 4.07. The zero-order valence-electron chi connectivity index (χ0n) is 9.22. The highest BCUT2D eigenvalue weighted by Gasteiger charge is 2.11. The topological polar surface area (TPSA) is 55.6 Å². The summed E-state index contributed by atoms with van der Waals surface area (Å²) in [7, 11) is 0. The molecule has 0 atom stereocenters. The number of aromatic nitrogens is 1. The lowest BCUT2D eigenvalue weighted by atomic mass is 10.3. The Labute approximate surface area is 94.4 Å². The second-order valence-corrected chi connectivity index (χ2v) is 3.81. The van der Waals surface area contributed by atoms with Gasteiger partial charge in [-0.25, -0.2) is 4.98 Å². The summed E-state index contributed by atoms with van der Waals surface area (Å²) in [5, 5.41) is 0. The van der Waals surface area contributed by atoms with E-state index in [1.807, 2.05) is 0 Å². The molecule has 0 aliphatic carbocycles. The smallest absolute Gasteiger partial charge is 0.195 e. The number of rotatable bonds is 5. The number of hydrogen-bond acceptors (Lipinski definition) is 5. The molecule has 16 heavy (non-hydrogen) atoms. The van der Waals surface area contributed by atoms with Crippen LogP contribution in [-0.2, 0) is 22.4 Å². The SMILES string of the molecule is O=CCc1coc(CCN2CCOCC2)n1. The van der Waals surface area contributed by atoms with Gasteiger partial charge in [0.2, 0.25) is 0 Å². The Morgan fingerprint density at radius 3 is 3.00 bits per heavy atom. The number of nitrogens with zero attached hydrogens (tertiary/aromatic N) is 2. The van der Waals surface area contributed by atoms with E-state index in [-0.39, 0.29) is 0 Å². The van der Waals surface area contributed by atoms with Gasteiger partial charge in [0.25, 0.3) is 0 Å². The molecule has 0 spiro atoms. The maximum atomic E-state index is 10.3. The lowest BCUT2D eigenvalue weighted by Crippen LogP contribution is -2.37. The van der Waals surface area contributed by atoms with Crippen molar-refractivity contribution in [3.8, 4) is 0 Å². The van der Waals surface area contributed by atoms with Crippen LogP contribution in [0.1, 0.15) is 11.6 Å². The van der Waals surface area contributed by atoms with Gasteiger partial charge in [-0.05, 0) is 0 Å². The van der Waals surface area contributed by atoms with Crippen LogP contribution < -0.4 is 0 Å². The van der Waals surface area contributed by atoms with Crippen LogP contribution in [0.3, 0.4) is 0 Å². The molecular weight excluding hydrogens is 208 g/mol. The van der Waals surface area contributed by atoms with E-state index in [1.54, 1.807) is 6.26 Å². The van der Waals surface area contributed by atoms with Crippen LogP contribution in [0.5, 0.6) is 0 Å². The Bertz CT molecular complexity index is 332. The number of carbonyl (C=O) groups is 1. The van der Waals surface area contributed by atoms with Crippen LogP contribution in [0.2, 0.25) is 0 Å². The largest absolute Gasteiger partial charge is 0.449 e. The van der Waals surface area contributed by atoms with Gasteiger partial charge in [0.1, 0.15) is 12.5 Å². The number of oxazole rings is 1. The molecule has 1 aliphatic rings. The minimum Gasteiger partial charge on any atom is -0.449 e. The molecule has 1 aromatic rings. The number of ether oxygens (including phenoxy) is 1. The predicted molar refractivity (Wildman–Crippen MR) is 57.2 cm³/mol. The lowest BCUT2D eigenvalue weighted by Gasteiger charge is -2.25. The van der Waals surface area contributed by atoms with Crippen molar-refractivity contribution >= 4 is 6.29 Å². The second kappa shape index (κ2) is 5.77. The van der Waals surface area contributed by atoms with Gasteiger partial charge in [-0.2, -0.15) is 0 Å². The van der Waals surface area contributed by atoms with Crippen molar-refractivity contribution in [3.05, 3.63) is 17.8 Å². The molecular formula is C11H16N2O3. The first kappa shape index (κ1) is 11.3. The molecule has 0 N–H and O–H groups in total. The van der Waals surface area contributed by atoms with Crippen LogP contribution in [0.15, 0.2) is 10.7 Å². The third kappa shape index (κ3) is 3.15. The summed E-state index contributed by atoms with van der Waals surface area (Å²) in [4.78, 5) is 16.8. The number of carbonyl (C=O) groups excluding carboxylic acids is 1. The van der Waals surface area contributed by atoms with E-state index < -0.39 is 0 Å². The molecule has 5 nitrogen and oxygen atoms in total. The minimum absolute atomic E-state index is 0.334. The summed E-state index contributed by atoms with van der Waals surface area (Å²) in [5.74, 6) is 0.711. The van der Waals surface area contributed by atoms with Crippen molar-refractivity contribution in [2.45, 2.75) is 12.8 Å². The zero-order chi connectivity index (χ0) is 11.2.